The average Bonchev–Trinajstić information content (AvgIpc) is 3.05. The molecule has 0 radical (unpaired) electrons. The first-order valence-electron chi connectivity index (χ1n) is 8.75. The smallest absolute Gasteiger partial charge is 0.305 e. The second-order valence-electron chi connectivity index (χ2n) is 5.85. The Morgan fingerprint density at radius 1 is 1.26 bits per heavy atom. The van der Waals surface area contributed by atoms with E-state index in [0.29, 0.717) is 37.0 Å². The second-order valence-corrected chi connectivity index (χ2v) is 6.80. The number of aryl methyl sites for hydroxylation is 1. The Kier molecular flexibility index (Phi) is 6.23. The molecule has 3 rings (SSSR count). The molecule has 0 unspecified atom stereocenters. The van der Waals surface area contributed by atoms with Gasteiger partial charge in [0.2, 0.25) is 5.91 Å². The molecule has 0 aliphatic rings. The number of carbonyl (C=O) groups is 2. The fourth-order valence-corrected chi connectivity index (χ4v) is 3.38. The zero-order valence-corrected chi connectivity index (χ0v) is 16.1. The van der Waals surface area contributed by atoms with E-state index in [0.717, 1.165) is 16.6 Å². The van der Waals surface area contributed by atoms with Gasteiger partial charge in [0.1, 0.15) is 5.82 Å². The van der Waals surface area contributed by atoms with E-state index in [2.05, 4.69) is 20.4 Å². The molecule has 0 saturated heterocycles. The van der Waals surface area contributed by atoms with Gasteiger partial charge in [-0.25, -0.2) is 9.97 Å². The number of hydrogen-bond donors (Lipinski definition) is 1. The lowest BCUT2D eigenvalue weighted by atomic mass is 10.2. The van der Waals surface area contributed by atoms with Crippen LogP contribution in [0.25, 0.3) is 16.6 Å². The molecular formula is C18H21N5O3S. The van der Waals surface area contributed by atoms with Crippen molar-refractivity contribution in [2.45, 2.75) is 31.8 Å². The summed E-state index contributed by atoms with van der Waals surface area (Å²) in [4.78, 5) is 32.4. The molecule has 9 heteroatoms. The molecule has 27 heavy (non-hydrogen) atoms. The van der Waals surface area contributed by atoms with E-state index in [4.69, 9.17) is 4.74 Å². The molecule has 1 amide bonds. The van der Waals surface area contributed by atoms with Crippen LogP contribution in [0.15, 0.2) is 29.4 Å². The molecule has 0 spiro atoms. The SMILES string of the molecule is CCOC(=O)CCCNC(=O)CSc1nc2ccccc2c2nc(C)nn12. The second kappa shape index (κ2) is 8.81. The number of hydrogen-bond acceptors (Lipinski definition) is 7. The van der Waals surface area contributed by atoms with Crippen molar-refractivity contribution >= 4 is 40.2 Å². The number of thioether (sulfide) groups is 1. The summed E-state index contributed by atoms with van der Waals surface area (Å²) < 4.78 is 6.53. The number of ether oxygens (including phenoxy) is 1. The molecule has 0 aliphatic heterocycles. The van der Waals surface area contributed by atoms with Gasteiger partial charge < -0.3 is 10.1 Å². The van der Waals surface area contributed by atoms with E-state index in [9.17, 15) is 9.59 Å². The summed E-state index contributed by atoms with van der Waals surface area (Å²) in [5, 5.41) is 8.73. The number of rotatable bonds is 8. The van der Waals surface area contributed by atoms with E-state index in [1.807, 2.05) is 31.2 Å². The predicted molar refractivity (Wildman–Crippen MR) is 103 cm³/mol. The maximum absolute atomic E-state index is 12.1. The van der Waals surface area contributed by atoms with Crippen molar-refractivity contribution in [1.82, 2.24) is 24.9 Å². The summed E-state index contributed by atoms with van der Waals surface area (Å²) in [7, 11) is 0. The Morgan fingerprint density at radius 3 is 2.89 bits per heavy atom. The molecule has 8 nitrogen and oxygen atoms in total. The minimum atomic E-state index is -0.245. The number of amides is 1. The van der Waals surface area contributed by atoms with Gasteiger partial charge in [-0.2, -0.15) is 4.52 Å². The van der Waals surface area contributed by atoms with Crippen LogP contribution < -0.4 is 5.32 Å². The predicted octanol–water partition coefficient (Wildman–Crippen LogP) is 2.14. The Labute approximate surface area is 160 Å². The normalized spacial score (nSPS) is 11.0. The molecule has 0 saturated carbocycles. The minimum Gasteiger partial charge on any atom is -0.466 e. The summed E-state index contributed by atoms with van der Waals surface area (Å²) in [5.41, 5.74) is 1.55. The number of nitrogens with zero attached hydrogens (tertiary/aromatic N) is 4. The van der Waals surface area contributed by atoms with Gasteiger partial charge >= 0.3 is 5.97 Å². The number of esters is 1. The van der Waals surface area contributed by atoms with E-state index >= 15 is 0 Å². The first-order valence-corrected chi connectivity index (χ1v) is 9.74. The molecule has 0 aliphatic carbocycles. The van der Waals surface area contributed by atoms with E-state index in [1.165, 1.54) is 11.8 Å². The first-order chi connectivity index (χ1) is 13.1. The molecule has 3 aromatic rings. The Morgan fingerprint density at radius 2 is 2.07 bits per heavy atom. The van der Waals surface area contributed by atoms with Crippen molar-refractivity contribution in [3.05, 3.63) is 30.1 Å². The number of nitrogens with one attached hydrogen (secondary N) is 1. The van der Waals surface area contributed by atoms with E-state index < -0.39 is 0 Å². The van der Waals surface area contributed by atoms with Crippen molar-refractivity contribution in [3.8, 4) is 0 Å². The molecule has 2 aromatic heterocycles. The number of carbonyl (C=O) groups excluding carboxylic acids is 2. The molecular weight excluding hydrogens is 366 g/mol. The van der Waals surface area contributed by atoms with Crippen LogP contribution in [0.4, 0.5) is 0 Å². The van der Waals surface area contributed by atoms with Crippen LogP contribution in [0.3, 0.4) is 0 Å². The summed E-state index contributed by atoms with van der Waals surface area (Å²) in [6.45, 7) is 4.40. The van der Waals surface area contributed by atoms with Crippen molar-refractivity contribution in [2.75, 3.05) is 18.9 Å². The molecule has 0 atom stereocenters. The van der Waals surface area contributed by atoms with Gasteiger partial charge in [0.15, 0.2) is 10.8 Å². The highest BCUT2D eigenvalue weighted by molar-refractivity contribution is 7.99. The molecule has 1 aromatic carbocycles. The average molecular weight is 387 g/mol. The van der Waals surface area contributed by atoms with Gasteiger partial charge in [-0.3, -0.25) is 9.59 Å². The molecule has 0 bridgehead atoms. The number of fused-ring (bicyclic) bond motifs is 3. The monoisotopic (exact) mass is 387 g/mol. The van der Waals surface area contributed by atoms with Crippen molar-refractivity contribution < 1.29 is 14.3 Å². The Balaban J connectivity index is 1.61. The van der Waals surface area contributed by atoms with Crippen LogP contribution in [0.5, 0.6) is 0 Å². The summed E-state index contributed by atoms with van der Waals surface area (Å²) in [6.07, 6.45) is 0.850. The molecule has 1 N–H and O–H groups in total. The zero-order chi connectivity index (χ0) is 19.2. The van der Waals surface area contributed by atoms with Crippen LogP contribution in [0.1, 0.15) is 25.6 Å². The van der Waals surface area contributed by atoms with Gasteiger partial charge in [0.05, 0.1) is 17.9 Å². The first kappa shape index (κ1) is 19.1. The molecule has 0 fully saturated rings. The van der Waals surface area contributed by atoms with Crippen LogP contribution in [-0.4, -0.2) is 50.4 Å². The third kappa shape index (κ3) is 4.73. The lowest BCUT2D eigenvalue weighted by Crippen LogP contribution is -2.26. The fourth-order valence-electron chi connectivity index (χ4n) is 2.60. The standard InChI is InChI=1S/C18H21N5O3S/c1-3-26-16(25)9-6-10-19-15(24)11-27-18-21-14-8-5-4-7-13(14)17-20-12(2)22-23(17)18/h4-5,7-8H,3,6,9-11H2,1-2H3,(H,19,24). The number of aromatic nitrogens is 4. The Hall–Kier alpha value is -2.68. The lowest BCUT2D eigenvalue weighted by molar-refractivity contribution is -0.143. The van der Waals surface area contributed by atoms with Crippen LogP contribution in [0.2, 0.25) is 0 Å². The molecule has 2 heterocycles. The lowest BCUT2D eigenvalue weighted by Gasteiger charge is -2.07. The maximum Gasteiger partial charge on any atom is 0.305 e. The van der Waals surface area contributed by atoms with Crippen molar-refractivity contribution in [3.63, 3.8) is 0 Å². The highest BCUT2D eigenvalue weighted by atomic mass is 32.2. The summed E-state index contributed by atoms with van der Waals surface area (Å²) in [6, 6.07) is 7.72. The van der Waals surface area contributed by atoms with Gasteiger partial charge in [-0.1, -0.05) is 23.9 Å². The number of benzene rings is 1. The van der Waals surface area contributed by atoms with Gasteiger partial charge in [-0.15, -0.1) is 5.10 Å². The van der Waals surface area contributed by atoms with E-state index in [1.54, 1.807) is 11.4 Å². The van der Waals surface area contributed by atoms with Crippen molar-refractivity contribution in [2.24, 2.45) is 0 Å². The summed E-state index contributed by atoms with van der Waals surface area (Å²) in [5.74, 6) is 0.492. The van der Waals surface area contributed by atoms with Gasteiger partial charge in [0.25, 0.3) is 0 Å². The third-order valence-electron chi connectivity index (χ3n) is 3.77. The van der Waals surface area contributed by atoms with Crippen LogP contribution >= 0.6 is 11.8 Å². The number of para-hydroxylation sites is 1. The fraction of sp³-hybridized carbons (Fsp3) is 0.389. The van der Waals surface area contributed by atoms with Crippen molar-refractivity contribution in [1.29, 1.82) is 0 Å². The topological polar surface area (TPSA) is 98.5 Å². The summed E-state index contributed by atoms with van der Waals surface area (Å²) >= 11 is 1.30. The van der Waals surface area contributed by atoms with Crippen LogP contribution in [0, 0.1) is 6.92 Å². The van der Waals surface area contributed by atoms with Crippen LogP contribution in [-0.2, 0) is 14.3 Å². The van der Waals surface area contributed by atoms with Gasteiger partial charge in [-0.05, 0) is 32.4 Å². The maximum atomic E-state index is 12.1. The Bertz CT molecular complexity index is 972. The highest BCUT2D eigenvalue weighted by Gasteiger charge is 2.13. The largest absolute Gasteiger partial charge is 0.466 e. The third-order valence-corrected chi connectivity index (χ3v) is 4.70. The quantitative estimate of drug-likeness (QED) is 0.274. The molecule has 142 valence electrons. The van der Waals surface area contributed by atoms with Gasteiger partial charge in [0, 0.05) is 18.4 Å². The zero-order valence-electron chi connectivity index (χ0n) is 15.3. The van der Waals surface area contributed by atoms with E-state index in [-0.39, 0.29) is 17.6 Å². The highest BCUT2D eigenvalue weighted by Crippen LogP contribution is 2.23. The minimum absolute atomic E-state index is 0.121.